The van der Waals surface area contributed by atoms with Crippen LogP contribution >= 0.6 is 0 Å². The van der Waals surface area contributed by atoms with Crippen LogP contribution in [0.5, 0.6) is 0 Å². The molecule has 0 saturated carbocycles. The van der Waals surface area contributed by atoms with Gasteiger partial charge >= 0.3 is 11.9 Å². The molecule has 0 saturated heterocycles. The summed E-state index contributed by atoms with van der Waals surface area (Å²) < 4.78 is 12.7. The standard InChI is InChI=1S/C36H34O4/c1-21(2)25-15-17-27-29(19-25)31-28-18-16-26(22(3)4)20-30(28)32(27)34(40-36(38)24-13-9-6-10-14-24)33(31)39-35(37)23-11-7-5-8-12-23/h5-22,31-34H,1-4H3/t31-,32+,33?,34?. The van der Waals surface area contributed by atoms with E-state index in [0.29, 0.717) is 23.0 Å². The highest BCUT2D eigenvalue weighted by molar-refractivity contribution is 5.90. The fraction of sp³-hybridized carbons (Fsp3) is 0.278. The largest absolute Gasteiger partial charge is 0.454 e. The lowest BCUT2D eigenvalue weighted by molar-refractivity contribution is -0.0557. The molecule has 0 fully saturated rings. The van der Waals surface area contributed by atoms with Crippen LogP contribution in [0.4, 0.5) is 0 Å². The summed E-state index contributed by atoms with van der Waals surface area (Å²) in [6.07, 6.45) is -1.34. The number of fused-ring (bicyclic) bond motifs is 1. The van der Waals surface area contributed by atoms with Crippen LogP contribution < -0.4 is 0 Å². The van der Waals surface area contributed by atoms with E-state index in [0.717, 1.165) is 22.3 Å². The first-order chi connectivity index (χ1) is 19.3. The molecule has 7 rings (SSSR count). The number of rotatable bonds is 6. The zero-order valence-corrected chi connectivity index (χ0v) is 23.3. The molecule has 0 amide bonds. The van der Waals surface area contributed by atoms with E-state index in [1.165, 1.54) is 11.1 Å². The van der Waals surface area contributed by atoms with Gasteiger partial charge in [0.05, 0.1) is 23.0 Å². The van der Waals surface area contributed by atoms with Gasteiger partial charge in [0.25, 0.3) is 0 Å². The molecular formula is C36H34O4. The van der Waals surface area contributed by atoms with Crippen LogP contribution in [-0.2, 0) is 9.47 Å². The van der Waals surface area contributed by atoms with E-state index in [2.05, 4.69) is 64.1 Å². The van der Waals surface area contributed by atoms with Gasteiger partial charge in [-0.2, -0.15) is 0 Å². The molecule has 4 atom stereocenters. The van der Waals surface area contributed by atoms with Crippen molar-refractivity contribution < 1.29 is 19.1 Å². The van der Waals surface area contributed by atoms with Gasteiger partial charge in [0.15, 0.2) is 12.2 Å². The zero-order chi connectivity index (χ0) is 28.0. The Kier molecular flexibility index (Phi) is 6.79. The Hall–Kier alpha value is -4.18. The average molecular weight is 531 g/mol. The van der Waals surface area contributed by atoms with E-state index in [-0.39, 0.29) is 11.8 Å². The summed E-state index contributed by atoms with van der Waals surface area (Å²) in [5, 5.41) is 0. The first-order valence-corrected chi connectivity index (χ1v) is 14.1. The summed E-state index contributed by atoms with van der Waals surface area (Å²) in [5.74, 6) is -0.634. The van der Waals surface area contributed by atoms with Gasteiger partial charge in [-0.05, 0) is 69.5 Å². The Balaban J connectivity index is 1.51. The second-order valence-electron chi connectivity index (χ2n) is 11.5. The molecule has 0 aliphatic heterocycles. The van der Waals surface area contributed by atoms with Gasteiger partial charge in [-0.1, -0.05) is 100 Å². The number of esters is 2. The zero-order valence-electron chi connectivity index (χ0n) is 23.3. The molecule has 0 aromatic heterocycles. The Morgan fingerprint density at radius 1 is 0.525 bits per heavy atom. The van der Waals surface area contributed by atoms with Crippen molar-refractivity contribution in [1.29, 1.82) is 0 Å². The van der Waals surface area contributed by atoms with Crippen molar-refractivity contribution in [2.45, 2.75) is 63.6 Å². The van der Waals surface area contributed by atoms with E-state index in [4.69, 9.17) is 9.47 Å². The van der Waals surface area contributed by atoms with E-state index in [1.54, 1.807) is 24.3 Å². The van der Waals surface area contributed by atoms with E-state index in [1.807, 2.05) is 36.4 Å². The maximum atomic E-state index is 13.5. The monoisotopic (exact) mass is 530 g/mol. The lowest BCUT2D eigenvalue weighted by Gasteiger charge is -2.49. The highest BCUT2D eigenvalue weighted by atomic mass is 16.6. The smallest absolute Gasteiger partial charge is 0.338 e. The third-order valence-corrected chi connectivity index (χ3v) is 8.38. The molecule has 4 nitrogen and oxygen atoms in total. The highest BCUT2D eigenvalue weighted by Gasteiger charge is 2.54. The molecule has 2 bridgehead atoms. The predicted molar refractivity (Wildman–Crippen MR) is 156 cm³/mol. The van der Waals surface area contributed by atoms with Crippen LogP contribution in [0.1, 0.15) is 105 Å². The van der Waals surface area contributed by atoms with Crippen molar-refractivity contribution in [2.75, 3.05) is 0 Å². The molecule has 0 spiro atoms. The Morgan fingerprint density at radius 2 is 0.900 bits per heavy atom. The number of ether oxygens (including phenoxy) is 2. The number of hydrogen-bond donors (Lipinski definition) is 0. The number of benzene rings is 4. The van der Waals surface area contributed by atoms with Crippen molar-refractivity contribution in [3.8, 4) is 0 Å². The molecule has 4 heteroatoms. The minimum Gasteiger partial charge on any atom is -0.454 e. The van der Waals surface area contributed by atoms with E-state index >= 15 is 0 Å². The summed E-state index contributed by atoms with van der Waals surface area (Å²) >= 11 is 0. The molecule has 3 aliphatic rings. The maximum absolute atomic E-state index is 13.5. The summed E-state index contributed by atoms with van der Waals surface area (Å²) in [6.45, 7) is 8.73. The summed E-state index contributed by atoms with van der Waals surface area (Å²) in [5.41, 5.74) is 8.00. The molecule has 4 aromatic carbocycles. The number of hydrogen-bond acceptors (Lipinski definition) is 4. The molecule has 4 aromatic rings. The lowest BCUT2D eigenvalue weighted by atomic mass is 9.60. The number of carbonyl (C=O) groups excluding carboxylic acids is 2. The molecule has 3 aliphatic carbocycles. The third-order valence-electron chi connectivity index (χ3n) is 8.38. The van der Waals surface area contributed by atoms with E-state index in [9.17, 15) is 9.59 Å². The fourth-order valence-corrected chi connectivity index (χ4v) is 6.23. The van der Waals surface area contributed by atoms with Crippen molar-refractivity contribution in [1.82, 2.24) is 0 Å². The second kappa shape index (κ2) is 10.4. The van der Waals surface area contributed by atoms with Gasteiger partial charge in [-0.3, -0.25) is 0 Å². The second-order valence-corrected chi connectivity index (χ2v) is 11.5. The summed E-state index contributed by atoms with van der Waals surface area (Å²) in [4.78, 5) is 26.9. The van der Waals surface area contributed by atoms with E-state index < -0.39 is 24.1 Å². The molecule has 0 N–H and O–H groups in total. The predicted octanol–water partition coefficient (Wildman–Crippen LogP) is 7.98. The normalized spacial score (nSPS) is 20.6. The third kappa shape index (κ3) is 4.52. The molecule has 40 heavy (non-hydrogen) atoms. The Bertz CT molecular complexity index is 1440. The lowest BCUT2D eigenvalue weighted by Crippen LogP contribution is -2.51. The van der Waals surface area contributed by atoms with Crippen LogP contribution in [0.3, 0.4) is 0 Å². The molecule has 0 heterocycles. The van der Waals surface area contributed by atoms with Crippen LogP contribution in [-0.4, -0.2) is 24.1 Å². The van der Waals surface area contributed by atoms with Crippen molar-refractivity contribution >= 4 is 11.9 Å². The fourth-order valence-electron chi connectivity index (χ4n) is 6.23. The van der Waals surface area contributed by atoms with Gasteiger partial charge in [0, 0.05) is 0 Å². The molecular weight excluding hydrogens is 496 g/mol. The van der Waals surface area contributed by atoms with Gasteiger partial charge < -0.3 is 9.47 Å². The van der Waals surface area contributed by atoms with Crippen LogP contribution in [0.2, 0.25) is 0 Å². The summed E-state index contributed by atoms with van der Waals surface area (Å²) in [6, 6.07) is 31.3. The van der Waals surface area contributed by atoms with Gasteiger partial charge in [0.2, 0.25) is 0 Å². The van der Waals surface area contributed by atoms with Gasteiger partial charge in [-0.15, -0.1) is 0 Å². The quantitative estimate of drug-likeness (QED) is 0.237. The first kappa shape index (κ1) is 26.1. The molecule has 202 valence electrons. The Morgan fingerprint density at radius 3 is 1.25 bits per heavy atom. The molecule has 0 radical (unpaired) electrons. The first-order valence-electron chi connectivity index (χ1n) is 14.1. The number of carbonyl (C=O) groups is 2. The van der Waals surface area contributed by atoms with Crippen molar-refractivity contribution in [2.24, 2.45) is 0 Å². The van der Waals surface area contributed by atoms with Crippen LogP contribution in [0, 0.1) is 0 Å². The SMILES string of the molecule is CC(C)c1ccc2c(c1)[C@H]1c3ccc(C(C)C)cc3[C@H]2C(OC(=O)c2ccccc2)C1OC(=O)c1ccccc1. The van der Waals surface area contributed by atoms with Crippen molar-refractivity contribution in [3.63, 3.8) is 0 Å². The highest BCUT2D eigenvalue weighted by Crippen LogP contribution is 2.56. The van der Waals surface area contributed by atoms with Crippen molar-refractivity contribution in [3.05, 3.63) is 142 Å². The van der Waals surface area contributed by atoms with Crippen LogP contribution in [0.15, 0.2) is 97.1 Å². The Labute approximate surface area is 236 Å². The molecule has 2 unspecified atom stereocenters. The van der Waals surface area contributed by atoms with Gasteiger partial charge in [0.1, 0.15) is 0 Å². The topological polar surface area (TPSA) is 52.6 Å². The van der Waals surface area contributed by atoms with Gasteiger partial charge in [-0.25, -0.2) is 9.59 Å². The average Bonchev–Trinajstić information content (AvgIpc) is 2.98. The minimum absolute atomic E-state index is 0.254. The summed E-state index contributed by atoms with van der Waals surface area (Å²) in [7, 11) is 0. The maximum Gasteiger partial charge on any atom is 0.338 e. The minimum atomic E-state index is -0.669. The van der Waals surface area contributed by atoms with Crippen LogP contribution in [0.25, 0.3) is 0 Å².